The van der Waals surface area contributed by atoms with Gasteiger partial charge in [0.15, 0.2) is 5.60 Å². The Bertz CT molecular complexity index is 845. The van der Waals surface area contributed by atoms with Gasteiger partial charge >= 0.3 is 6.18 Å². The number of hydrogen-bond donors (Lipinski definition) is 2. The van der Waals surface area contributed by atoms with Gasteiger partial charge < -0.3 is 5.32 Å². The van der Waals surface area contributed by atoms with Gasteiger partial charge in [-0.05, 0) is 36.8 Å². The van der Waals surface area contributed by atoms with Crippen LogP contribution in [0.2, 0.25) is 0 Å². The number of hydrogen-bond acceptors (Lipinski definition) is 5. The Labute approximate surface area is 159 Å². The fourth-order valence-electron chi connectivity index (χ4n) is 2.38. The van der Waals surface area contributed by atoms with Gasteiger partial charge in [0.2, 0.25) is 5.91 Å². The van der Waals surface area contributed by atoms with E-state index in [0.29, 0.717) is 0 Å². The van der Waals surface area contributed by atoms with E-state index in [1.807, 2.05) is 5.48 Å². The molecule has 2 unspecified atom stereocenters. The summed E-state index contributed by atoms with van der Waals surface area (Å²) in [7, 11) is 0. The number of amides is 2. The van der Waals surface area contributed by atoms with E-state index < -0.39 is 29.5 Å². The molecule has 2 aromatic heterocycles. The molecule has 2 atom stereocenters. The first-order valence-electron chi connectivity index (χ1n) is 8.23. The van der Waals surface area contributed by atoms with E-state index in [1.54, 1.807) is 0 Å². The molecular weight excluding hydrogens is 377 g/mol. The van der Waals surface area contributed by atoms with Crippen molar-refractivity contribution in [3.63, 3.8) is 0 Å². The van der Waals surface area contributed by atoms with Crippen LogP contribution in [0.4, 0.5) is 19.0 Å². The SMILES string of the molecule is CC(=O)Nc1cc(C(C)C(C)(ONC(=O)c2cccnc2)C(F)(F)F)ccn1. The Morgan fingerprint density at radius 1 is 1.21 bits per heavy atom. The van der Waals surface area contributed by atoms with Gasteiger partial charge in [0, 0.05) is 31.4 Å². The second-order valence-corrected chi connectivity index (χ2v) is 6.26. The number of pyridine rings is 2. The van der Waals surface area contributed by atoms with Crippen LogP contribution < -0.4 is 10.8 Å². The van der Waals surface area contributed by atoms with Crippen molar-refractivity contribution in [1.29, 1.82) is 0 Å². The maximum atomic E-state index is 13.8. The lowest BCUT2D eigenvalue weighted by molar-refractivity contribution is -0.291. The monoisotopic (exact) mass is 396 g/mol. The molecule has 10 heteroatoms. The van der Waals surface area contributed by atoms with E-state index in [4.69, 9.17) is 4.84 Å². The summed E-state index contributed by atoms with van der Waals surface area (Å²) in [6.07, 6.45) is -0.903. The van der Waals surface area contributed by atoms with Crippen LogP contribution >= 0.6 is 0 Å². The van der Waals surface area contributed by atoms with Gasteiger partial charge in [-0.1, -0.05) is 6.92 Å². The Morgan fingerprint density at radius 3 is 2.50 bits per heavy atom. The predicted molar refractivity (Wildman–Crippen MR) is 94.2 cm³/mol. The normalized spacial score (nSPS) is 14.6. The number of hydroxylamine groups is 1. The molecule has 28 heavy (non-hydrogen) atoms. The Hall–Kier alpha value is -3.01. The molecule has 0 spiro atoms. The van der Waals surface area contributed by atoms with Gasteiger partial charge in [0.1, 0.15) is 5.82 Å². The van der Waals surface area contributed by atoms with Gasteiger partial charge in [0.25, 0.3) is 5.91 Å². The lowest BCUT2D eigenvalue weighted by Gasteiger charge is -2.36. The molecule has 2 N–H and O–H groups in total. The van der Waals surface area contributed by atoms with Gasteiger partial charge in [-0.25, -0.2) is 10.5 Å². The highest BCUT2D eigenvalue weighted by Crippen LogP contribution is 2.43. The fraction of sp³-hybridized carbons (Fsp3) is 0.333. The second kappa shape index (κ2) is 8.34. The van der Waals surface area contributed by atoms with Crippen molar-refractivity contribution in [2.24, 2.45) is 0 Å². The number of carbonyl (C=O) groups is 2. The van der Waals surface area contributed by atoms with Crippen LogP contribution in [0.3, 0.4) is 0 Å². The molecule has 150 valence electrons. The van der Waals surface area contributed by atoms with Crippen LogP contribution in [0.5, 0.6) is 0 Å². The first kappa shape index (κ1) is 21.3. The van der Waals surface area contributed by atoms with E-state index in [2.05, 4.69) is 15.3 Å². The highest BCUT2D eigenvalue weighted by molar-refractivity contribution is 5.93. The van der Waals surface area contributed by atoms with Crippen LogP contribution in [0.1, 0.15) is 42.6 Å². The van der Waals surface area contributed by atoms with Crippen molar-refractivity contribution in [2.45, 2.75) is 38.5 Å². The number of carbonyl (C=O) groups excluding carboxylic acids is 2. The zero-order valence-corrected chi connectivity index (χ0v) is 15.4. The molecule has 0 bridgehead atoms. The van der Waals surface area contributed by atoms with Gasteiger partial charge in [-0.2, -0.15) is 13.2 Å². The third-order valence-corrected chi connectivity index (χ3v) is 4.26. The van der Waals surface area contributed by atoms with Crippen molar-refractivity contribution in [3.8, 4) is 0 Å². The molecule has 2 aromatic rings. The molecule has 0 fully saturated rings. The largest absolute Gasteiger partial charge is 0.420 e. The first-order chi connectivity index (χ1) is 13.0. The number of aromatic nitrogens is 2. The summed E-state index contributed by atoms with van der Waals surface area (Å²) >= 11 is 0. The minimum atomic E-state index is -4.81. The molecule has 2 heterocycles. The van der Waals surface area contributed by atoms with E-state index in [9.17, 15) is 22.8 Å². The first-order valence-corrected chi connectivity index (χ1v) is 8.23. The Morgan fingerprint density at radius 2 is 1.93 bits per heavy atom. The number of nitrogens with zero attached hydrogens (tertiary/aromatic N) is 2. The number of anilines is 1. The molecule has 0 aliphatic heterocycles. The van der Waals surface area contributed by atoms with E-state index in [0.717, 1.165) is 6.92 Å². The number of nitrogens with one attached hydrogen (secondary N) is 2. The maximum absolute atomic E-state index is 13.8. The van der Waals surface area contributed by atoms with Gasteiger partial charge in [-0.15, -0.1) is 0 Å². The smallest absolute Gasteiger partial charge is 0.311 e. The Kier molecular flexibility index (Phi) is 6.34. The summed E-state index contributed by atoms with van der Waals surface area (Å²) in [5, 5.41) is 2.41. The zero-order chi connectivity index (χ0) is 20.9. The zero-order valence-electron chi connectivity index (χ0n) is 15.4. The molecular formula is C18H19F3N4O3. The summed E-state index contributed by atoms with van der Waals surface area (Å²) in [5.41, 5.74) is -0.622. The average molecular weight is 396 g/mol. The van der Waals surface area contributed by atoms with Gasteiger partial charge in [0.05, 0.1) is 5.56 Å². The minimum absolute atomic E-state index is 0.0523. The van der Waals surface area contributed by atoms with Crippen LogP contribution in [0.15, 0.2) is 42.9 Å². The third kappa shape index (κ3) is 4.83. The molecule has 7 nitrogen and oxygen atoms in total. The van der Waals surface area contributed by atoms with Gasteiger partial charge in [-0.3, -0.25) is 19.4 Å². The van der Waals surface area contributed by atoms with Crippen LogP contribution in [0.25, 0.3) is 0 Å². The quantitative estimate of drug-likeness (QED) is 0.732. The molecule has 0 radical (unpaired) electrons. The number of rotatable bonds is 6. The second-order valence-electron chi connectivity index (χ2n) is 6.26. The number of alkyl halides is 3. The molecule has 0 saturated carbocycles. The topological polar surface area (TPSA) is 93.2 Å². The minimum Gasteiger partial charge on any atom is -0.311 e. The molecule has 0 saturated heterocycles. The molecule has 0 aliphatic carbocycles. The summed E-state index contributed by atoms with van der Waals surface area (Å²) in [4.78, 5) is 35.7. The average Bonchev–Trinajstić information content (AvgIpc) is 2.64. The number of halogens is 3. The summed E-state index contributed by atoms with van der Waals surface area (Å²) < 4.78 is 41.5. The van der Waals surface area contributed by atoms with E-state index in [1.165, 1.54) is 56.7 Å². The summed E-state index contributed by atoms with van der Waals surface area (Å²) in [6.45, 7) is 3.39. The van der Waals surface area contributed by atoms with Crippen molar-refractivity contribution in [1.82, 2.24) is 15.4 Å². The third-order valence-electron chi connectivity index (χ3n) is 4.26. The van der Waals surface area contributed by atoms with Crippen LogP contribution in [-0.4, -0.2) is 33.6 Å². The Balaban J connectivity index is 2.26. The summed E-state index contributed by atoms with van der Waals surface area (Å²) in [5.74, 6) is -2.39. The van der Waals surface area contributed by atoms with Crippen LogP contribution in [-0.2, 0) is 9.63 Å². The van der Waals surface area contributed by atoms with Crippen molar-refractivity contribution < 1.29 is 27.6 Å². The molecule has 2 rings (SSSR count). The molecule has 0 aliphatic rings. The lowest BCUT2D eigenvalue weighted by atomic mass is 9.84. The highest BCUT2D eigenvalue weighted by Gasteiger charge is 2.57. The fourth-order valence-corrected chi connectivity index (χ4v) is 2.38. The van der Waals surface area contributed by atoms with E-state index >= 15 is 0 Å². The highest BCUT2D eigenvalue weighted by atomic mass is 19.4. The summed E-state index contributed by atoms with van der Waals surface area (Å²) in [6, 6.07) is 5.57. The van der Waals surface area contributed by atoms with Crippen LogP contribution in [0, 0.1) is 0 Å². The predicted octanol–water partition coefficient (Wildman–Crippen LogP) is 3.22. The van der Waals surface area contributed by atoms with E-state index in [-0.39, 0.29) is 16.9 Å². The standard InChI is InChI=1S/C18H19F3N4O3/c1-11(13-6-8-23-15(9-13)24-12(2)26)17(3,18(19,20)21)28-25-16(27)14-5-4-7-22-10-14/h4-11H,1-3H3,(H,25,27)(H,23,24,26). The van der Waals surface area contributed by atoms with Crippen molar-refractivity contribution >= 4 is 17.6 Å². The lowest BCUT2D eigenvalue weighted by Crippen LogP contribution is -2.52. The molecule has 0 aromatic carbocycles. The maximum Gasteiger partial charge on any atom is 0.420 e. The van der Waals surface area contributed by atoms with Crippen molar-refractivity contribution in [3.05, 3.63) is 54.0 Å². The molecule has 2 amide bonds. The van der Waals surface area contributed by atoms with Crippen molar-refractivity contribution in [2.75, 3.05) is 5.32 Å².